The fraction of sp³-hybridized carbons (Fsp3) is 0.682. The van der Waals surface area contributed by atoms with Gasteiger partial charge < -0.3 is 15.2 Å². The van der Waals surface area contributed by atoms with Gasteiger partial charge in [-0.1, -0.05) is 12.5 Å². The van der Waals surface area contributed by atoms with Crippen LogP contribution in [0.3, 0.4) is 0 Å². The maximum absolute atomic E-state index is 14.1. The first-order valence-electron chi connectivity index (χ1n) is 11.4. The summed E-state index contributed by atoms with van der Waals surface area (Å²) in [4.78, 5) is 13.2. The lowest BCUT2D eigenvalue weighted by Crippen LogP contribution is -2.38. The highest BCUT2D eigenvalue weighted by Crippen LogP contribution is 2.47. The van der Waals surface area contributed by atoms with E-state index < -0.39 is 27.7 Å². The highest BCUT2D eigenvalue weighted by molar-refractivity contribution is 7.89. The molecule has 10 heteroatoms. The SMILES string of the molecule is C[C@H]1C(=O)NC(O)N1CCCCCS(=O)(=O)NC1(c2ccc(F)c(OCC3CC3)c2)CC1. The molecule has 1 aromatic rings. The van der Waals surface area contributed by atoms with Gasteiger partial charge in [-0.05, 0) is 69.1 Å². The smallest absolute Gasteiger partial charge is 0.240 e. The minimum Gasteiger partial charge on any atom is -0.490 e. The van der Waals surface area contributed by atoms with Gasteiger partial charge in [0, 0.05) is 6.54 Å². The van der Waals surface area contributed by atoms with E-state index in [9.17, 15) is 22.7 Å². The molecular weight excluding hydrogens is 437 g/mol. The van der Waals surface area contributed by atoms with Crippen LogP contribution in [0.15, 0.2) is 18.2 Å². The molecule has 8 nitrogen and oxygen atoms in total. The lowest BCUT2D eigenvalue weighted by atomic mass is 10.1. The molecule has 3 aliphatic rings. The van der Waals surface area contributed by atoms with Crippen molar-refractivity contribution < 1.29 is 27.4 Å². The van der Waals surface area contributed by atoms with E-state index in [1.165, 1.54) is 6.07 Å². The molecule has 1 aromatic carbocycles. The summed E-state index contributed by atoms with van der Waals surface area (Å²) in [5, 5.41) is 12.3. The number of benzene rings is 1. The quantitative estimate of drug-likeness (QED) is 0.403. The Morgan fingerprint density at radius 2 is 2.03 bits per heavy atom. The summed E-state index contributed by atoms with van der Waals surface area (Å²) < 4.78 is 47.9. The second-order valence-electron chi connectivity index (χ2n) is 9.26. The van der Waals surface area contributed by atoms with Gasteiger partial charge in [-0.15, -0.1) is 0 Å². The van der Waals surface area contributed by atoms with Crippen LogP contribution in [0.4, 0.5) is 4.39 Å². The number of ether oxygens (including phenoxy) is 1. The molecule has 0 bridgehead atoms. The molecule has 1 saturated heterocycles. The molecule has 3 N–H and O–H groups in total. The van der Waals surface area contributed by atoms with E-state index in [4.69, 9.17) is 4.74 Å². The molecule has 32 heavy (non-hydrogen) atoms. The van der Waals surface area contributed by atoms with Crippen molar-refractivity contribution in [3.8, 4) is 5.75 Å². The lowest BCUT2D eigenvalue weighted by Gasteiger charge is -2.22. The average Bonchev–Trinajstić information content (AvgIpc) is 3.65. The molecule has 0 spiro atoms. The van der Waals surface area contributed by atoms with E-state index in [-0.39, 0.29) is 23.5 Å². The highest BCUT2D eigenvalue weighted by Gasteiger charge is 2.47. The van der Waals surface area contributed by atoms with Gasteiger partial charge in [-0.3, -0.25) is 4.79 Å². The van der Waals surface area contributed by atoms with Gasteiger partial charge in [-0.2, -0.15) is 0 Å². The minimum atomic E-state index is -3.51. The van der Waals surface area contributed by atoms with Crippen LogP contribution in [-0.2, 0) is 20.4 Å². The van der Waals surface area contributed by atoms with Crippen molar-refractivity contribution in [2.45, 2.75) is 69.8 Å². The topological polar surface area (TPSA) is 108 Å². The van der Waals surface area contributed by atoms with Crippen LogP contribution in [0.1, 0.15) is 57.4 Å². The number of sulfonamides is 1. The van der Waals surface area contributed by atoms with Crippen molar-refractivity contribution in [1.82, 2.24) is 14.9 Å². The Balaban J connectivity index is 1.26. The van der Waals surface area contributed by atoms with Crippen molar-refractivity contribution in [2.75, 3.05) is 18.9 Å². The first kappa shape index (κ1) is 23.4. The number of unbranched alkanes of at least 4 members (excludes halogenated alkanes) is 2. The number of nitrogens with zero attached hydrogens (tertiary/aromatic N) is 1. The minimum absolute atomic E-state index is 0.00370. The second kappa shape index (κ2) is 9.24. The molecule has 1 heterocycles. The maximum atomic E-state index is 14.1. The number of amides is 1. The van der Waals surface area contributed by atoms with Crippen molar-refractivity contribution >= 4 is 15.9 Å². The Morgan fingerprint density at radius 1 is 1.28 bits per heavy atom. The van der Waals surface area contributed by atoms with Gasteiger partial charge in [-0.25, -0.2) is 22.4 Å². The van der Waals surface area contributed by atoms with Gasteiger partial charge in [0.05, 0.1) is 23.9 Å². The molecule has 0 aromatic heterocycles. The summed E-state index contributed by atoms with van der Waals surface area (Å²) in [5.74, 6) is 0.0469. The maximum Gasteiger partial charge on any atom is 0.240 e. The lowest BCUT2D eigenvalue weighted by molar-refractivity contribution is -0.121. The Labute approximate surface area is 188 Å². The Hall–Kier alpha value is -1.75. The third-order valence-electron chi connectivity index (χ3n) is 6.55. The predicted octanol–water partition coefficient (Wildman–Crippen LogP) is 1.79. The number of hydrogen-bond donors (Lipinski definition) is 3. The molecule has 4 rings (SSSR count). The first-order valence-corrected chi connectivity index (χ1v) is 13.0. The van der Waals surface area contributed by atoms with Gasteiger partial charge in [0.15, 0.2) is 17.9 Å². The van der Waals surface area contributed by atoms with Crippen molar-refractivity contribution in [3.63, 3.8) is 0 Å². The molecule has 2 atom stereocenters. The molecule has 0 radical (unpaired) electrons. The van der Waals surface area contributed by atoms with Crippen molar-refractivity contribution in [1.29, 1.82) is 0 Å². The molecule has 178 valence electrons. The van der Waals surface area contributed by atoms with Crippen molar-refractivity contribution in [2.24, 2.45) is 5.92 Å². The number of aliphatic hydroxyl groups excluding tert-OH is 1. The standard InChI is InChI=1S/C22H32FN3O5S/c1-15-20(27)24-21(28)26(15)11-3-2-4-12-32(29,30)25-22(9-10-22)17-7-8-18(23)19(13-17)31-14-16-5-6-16/h7-8,13,15-16,21,25,28H,2-6,9-12,14H2,1H3,(H,24,27)/t15-,21?/m0/s1. The first-order chi connectivity index (χ1) is 15.2. The third-order valence-corrected chi connectivity index (χ3v) is 8.08. The zero-order valence-electron chi connectivity index (χ0n) is 18.3. The molecule has 3 fully saturated rings. The fourth-order valence-corrected chi connectivity index (χ4v) is 5.70. The Morgan fingerprint density at radius 3 is 2.66 bits per heavy atom. The van der Waals surface area contributed by atoms with Crippen LogP contribution >= 0.6 is 0 Å². The van der Waals surface area contributed by atoms with Crippen LogP contribution in [0.25, 0.3) is 0 Å². The van der Waals surface area contributed by atoms with Crippen LogP contribution in [0.5, 0.6) is 5.75 Å². The number of carbonyl (C=O) groups excluding carboxylic acids is 1. The number of nitrogens with one attached hydrogen (secondary N) is 2. The van der Waals surface area contributed by atoms with E-state index in [1.807, 2.05) is 0 Å². The summed E-state index contributed by atoms with van der Waals surface area (Å²) in [6, 6.07) is 4.22. The third kappa shape index (κ3) is 5.59. The van der Waals surface area contributed by atoms with E-state index in [1.54, 1.807) is 24.0 Å². The van der Waals surface area contributed by atoms with Crippen LogP contribution < -0.4 is 14.8 Å². The summed E-state index contributed by atoms with van der Waals surface area (Å²) >= 11 is 0. The molecule has 2 aliphatic carbocycles. The Kier molecular flexibility index (Phi) is 6.76. The van der Waals surface area contributed by atoms with E-state index in [0.717, 1.165) is 18.4 Å². The molecule has 1 aliphatic heterocycles. The van der Waals surface area contributed by atoms with Crippen LogP contribution in [0, 0.1) is 11.7 Å². The van der Waals surface area contributed by atoms with E-state index in [0.29, 0.717) is 51.2 Å². The molecular formula is C22H32FN3O5S. The summed E-state index contributed by atoms with van der Waals surface area (Å²) in [5.41, 5.74) is 0.0631. The molecule has 2 saturated carbocycles. The van der Waals surface area contributed by atoms with Gasteiger partial charge in [0.2, 0.25) is 15.9 Å². The summed E-state index contributed by atoms with van der Waals surface area (Å²) in [6.07, 6.45) is 4.40. The summed E-state index contributed by atoms with van der Waals surface area (Å²) in [7, 11) is -3.51. The largest absolute Gasteiger partial charge is 0.490 e. The monoisotopic (exact) mass is 469 g/mol. The number of rotatable bonds is 12. The second-order valence-corrected chi connectivity index (χ2v) is 11.1. The predicted molar refractivity (Wildman–Crippen MR) is 117 cm³/mol. The average molecular weight is 470 g/mol. The zero-order valence-corrected chi connectivity index (χ0v) is 19.2. The van der Waals surface area contributed by atoms with Gasteiger partial charge in [0.25, 0.3) is 0 Å². The van der Waals surface area contributed by atoms with E-state index in [2.05, 4.69) is 10.0 Å². The number of hydrogen-bond acceptors (Lipinski definition) is 6. The summed E-state index contributed by atoms with van der Waals surface area (Å²) in [6.45, 7) is 2.74. The number of aliphatic hydroxyl groups is 1. The van der Waals surface area contributed by atoms with Crippen molar-refractivity contribution in [3.05, 3.63) is 29.6 Å². The van der Waals surface area contributed by atoms with Gasteiger partial charge in [0.1, 0.15) is 0 Å². The fourth-order valence-electron chi connectivity index (χ4n) is 4.10. The van der Waals surface area contributed by atoms with E-state index >= 15 is 0 Å². The Bertz CT molecular complexity index is 949. The molecule has 1 unspecified atom stereocenters. The van der Waals surface area contributed by atoms with Crippen LogP contribution in [0.2, 0.25) is 0 Å². The highest BCUT2D eigenvalue weighted by atomic mass is 32.2. The molecule has 1 amide bonds. The zero-order chi connectivity index (χ0) is 22.9. The normalized spacial score (nSPS) is 25.0. The van der Waals surface area contributed by atoms with Crippen LogP contribution in [-0.4, -0.2) is 55.6 Å². The van der Waals surface area contributed by atoms with Gasteiger partial charge >= 0.3 is 0 Å². The number of carbonyl (C=O) groups is 1. The number of halogens is 1.